The first kappa shape index (κ1) is 15.1. The van der Waals surface area contributed by atoms with Gasteiger partial charge in [0, 0.05) is 17.8 Å². The van der Waals surface area contributed by atoms with Crippen LogP contribution in [-0.2, 0) is 29.3 Å². The van der Waals surface area contributed by atoms with Gasteiger partial charge < -0.3 is 0 Å². The first-order valence-electron chi connectivity index (χ1n) is 7.16. The number of hydrogen-bond donors (Lipinski definition) is 1. The average Bonchev–Trinajstić information content (AvgIpc) is 3.12. The van der Waals surface area contributed by atoms with Gasteiger partial charge in [0.25, 0.3) is 0 Å². The molecule has 0 saturated carbocycles. The van der Waals surface area contributed by atoms with Crippen LogP contribution in [0.5, 0.6) is 0 Å². The van der Waals surface area contributed by atoms with Crippen molar-refractivity contribution in [1.29, 1.82) is 0 Å². The SMILES string of the molecule is O=S(=O)(NCCCc1nc2c(s1)CCCC2)c1cccs1. The van der Waals surface area contributed by atoms with Crippen LogP contribution in [0, 0.1) is 0 Å². The number of sulfonamides is 1. The number of nitrogens with one attached hydrogen (secondary N) is 1. The second kappa shape index (κ2) is 6.56. The summed E-state index contributed by atoms with van der Waals surface area (Å²) in [6.07, 6.45) is 6.43. The summed E-state index contributed by atoms with van der Waals surface area (Å²) in [7, 11) is -3.32. The zero-order valence-electron chi connectivity index (χ0n) is 11.7. The van der Waals surface area contributed by atoms with E-state index >= 15 is 0 Å². The van der Waals surface area contributed by atoms with E-state index in [-0.39, 0.29) is 0 Å². The Labute approximate surface area is 133 Å². The fraction of sp³-hybridized carbons (Fsp3) is 0.500. The van der Waals surface area contributed by atoms with Gasteiger partial charge in [-0.25, -0.2) is 18.1 Å². The Bertz CT molecular complexity index is 666. The van der Waals surface area contributed by atoms with Gasteiger partial charge in [-0.3, -0.25) is 0 Å². The van der Waals surface area contributed by atoms with Crippen LogP contribution in [-0.4, -0.2) is 19.9 Å². The molecule has 2 aromatic rings. The van der Waals surface area contributed by atoms with Crippen LogP contribution in [0.15, 0.2) is 21.7 Å². The largest absolute Gasteiger partial charge is 0.250 e. The Morgan fingerprint density at radius 3 is 2.90 bits per heavy atom. The molecule has 21 heavy (non-hydrogen) atoms. The first-order chi connectivity index (χ1) is 10.1. The van der Waals surface area contributed by atoms with E-state index in [2.05, 4.69) is 9.71 Å². The van der Waals surface area contributed by atoms with E-state index in [4.69, 9.17) is 0 Å². The van der Waals surface area contributed by atoms with E-state index in [9.17, 15) is 8.42 Å². The van der Waals surface area contributed by atoms with Crippen LogP contribution in [0.3, 0.4) is 0 Å². The molecule has 2 aromatic heterocycles. The van der Waals surface area contributed by atoms with Crippen molar-refractivity contribution in [1.82, 2.24) is 9.71 Å². The summed E-state index contributed by atoms with van der Waals surface area (Å²) in [5.74, 6) is 0. The molecule has 0 aliphatic heterocycles. The topological polar surface area (TPSA) is 59.1 Å². The van der Waals surface area contributed by atoms with E-state index in [1.54, 1.807) is 28.8 Å². The number of thiazole rings is 1. The number of aromatic nitrogens is 1. The van der Waals surface area contributed by atoms with Crippen molar-refractivity contribution in [2.75, 3.05) is 6.54 Å². The second-order valence-corrected chi connectivity index (χ2v) is 9.23. The molecule has 114 valence electrons. The zero-order chi connectivity index (χ0) is 14.7. The summed E-state index contributed by atoms with van der Waals surface area (Å²) in [6.45, 7) is 0.463. The lowest BCUT2D eigenvalue weighted by molar-refractivity contribution is 0.581. The molecule has 0 unspecified atom stereocenters. The molecule has 0 fully saturated rings. The number of hydrogen-bond acceptors (Lipinski definition) is 5. The number of nitrogens with zero attached hydrogens (tertiary/aromatic N) is 1. The molecule has 1 aliphatic carbocycles. The minimum absolute atomic E-state index is 0.382. The van der Waals surface area contributed by atoms with E-state index in [1.165, 1.54) is 34.7 Å². The van der Waals surface area contributed by atoms with Gasteiger partial charge >= 0.3 is 0 Å². The minimum Gasteiger partial charge on any atom is -0.246 e. The lowest BCUT2D eigenvalue weighted by Crippen LogP contribution is -2.24. The van der Waals surface area contributed by atoms with Crippen molar-refractivity contribution in [2.45, 2.75) is 42.7 Å². The molecule has 4 nitrogen and oxygen atoms in total. The summed E-state index contributed by atoms with van der Waals surface area (Å²) in [4.78, 5) is 6.12. The summed E-state index contributed by atoms with van der Waals surface area (Å²) >= 11 is 3.05. The Kier molecular flexibility index (Phi) is 4.73. The van der Waals surface area contributed by atoms with Crippen LogP contribution in [0.1, 0.15) is 34.8 Å². The predicted molar refractivity (Wildman–Crippen MR) is 86.6 cm³/mol. The van der Waals surface area contributed by atoms with Gasteiger partial charge in [-0.15, -0.1) is 22.7 Å². The summed E-state index contributed by atoms with van der Waals surface area (Å²) in [6, 6.07) is 3.38. The number of aryl methyl sites for hydroxylation is 3. The summed E-state index contributed by atoms with van der Waals surface area (Å²) in [5.41, 5.74) is 1.28. The molecule has 7 heteroatoms. The smallest absolute Gasteiger partial charge is 0.246 e. The van der Waals surface area contributed by atoms with Gasteiger partial charge in [-0.05, 0) is 43.6 Å². The normalized spacial score (nSPS) is 15.0. The molecule has 0 aromatic carbocycles. The van der Waals surface area contributed by atoms with Crippen molar-refractivity contribution in [3.8, 4) is 0 Å². The van der Waals surface area contributed by atoms with E-state index in [0.29, 0.717) is 10.8 Å². The van der Waals surface area contributed by atoms with Crippen LogP contribution in [0.4, 0.5) is 0 Å². The highest BCUT2D eigenvalue weighted by molar-refractivity contribution is 7.91. The molecule has 1 aliphatic rings. The number of thiophene rings is 1. The highest BCUT2D eigenvalue weighted by Crippen LogP contribution is 2.27. The van der Waals surface area contributed by atoms with Crippen molar-refractivity contribution in [2.24, 2.45) is 0 Å². The molecule has 0 saturated heterocycles. The third-order valence-corrected chi connectivity index (χ3v) is 7.59. The van der Waals surface area contributed by atoms with Crippen molar-refractivity contribution >= 4 is 32.7 Å². The third kappa shape index (κ3) is 3.71. The molecule has 0 spiro atoms. The fourth-order valence-electron chi connectivity index (χ4n) is 2.45. The van der Waals surface area contributed by atoms with Gasteiger partial charge in [-0.1, -0.05) is 6.07 Å². The lowest BCUT2D eigenvalue weighted by atomic mass is 10.0. The minimum atomic E-state index is -3.32. The summed E-state index contributed by atoms with van der Waals surface area (Å²) < 4.78 is 26.9. The van der Waals surface area contributed by atoms with Gasteiger partial charge in [0.15, 0.2) is 0 Å². The van der Waals surface area contributed by atoms with Gasteiger partial charge in [0.1, 0.15) is 4.21 Å². The van der Waals surface area contributed by atoms with E-state index in [1.807, 2.05) is 0 Å². The molecule has 0 bridgehead atoms. The molecule has 0 radical (unpaired) electrons. The van der Waals surface area contributed by atoms with Crippen LogP contribution < -0.4 is 4.72 Å². The highest BCUT2D eigenvalue weighted by atomic mass is 32.2. The van der Waals surface area contributed by atoms with Gasteiger partial charge in [-0.2, -0.15) is 0 Å². The van der Waals surface area contributed by atoms with Crippen molar-refractivity contribution in [3.63, 3.8) is 0 Å². The number of rotatable bonds is 6. The van der Waals surface area contributed by atoms with Crippen LogP contribution in [0.25, 0.3) is 0 Å². The average molecular weight is 343 g/mol. The Morgan fingerprint density at radius 1 is 1.29 bits per heavy atom. The molecule has 2 heterocycles. The third-order valence-electron chi connectivity index (χ3n) is 3.51. The zero-order valence-corrected chi connectivity index (χ0v) is 14.1. The maximum atomic E-state index is 12.0. The maximum Gasteiger partial charge on any atom is 0.250 e. The summed E-state index contributed by atoms with van der Waals surface area (Å²) in [5, 5.41) is 2.92. The maximum absolute atomic E-state index is 12.0. The molecular formula is C14H18N2O2S3. The van der Waals surface area contributed by atoms with E-state index < -0.39 is 10.0 Å². The standard InChI is InChI=1S/C14H18N2O2S3/c17-21(18,14-8-4-10-19-14)15-9-3-7-13-16-11-5-1-2-6-12(11)20-13/h4,8,10,15H,1-3,5-7,9H2. The Balaban J connectivity index is 1.49. The Hall–Kier alpha value is -0.760. The number of fused-ring (bicyclic) bond motifs is 1. The second-order valence-electron chi connectivity index (χ2n) is 5.12. The molecular weight excluding hydrogens is 324 g/mol. The first-order valence-corrected chi connectivity index (χ1v) is 10.3. The predicted octanol–water partition coefficient (Wildman–Crippen LogP) is 2.99. The van der Waals surface area contributed by atoms with Gasteiger partial charge in [0.2, 0.25) is 10.0 Å². The van der Waals surface area contributed by atoms with Crippen molar-refractivity contribution in [3.05, 3.63) is 33.1 Å². The molecule has 0 amide bonds. The highest BCUT2D eigenvalue weighted by Gasteiger charge is 2.16. The quantitative estimate of drug-likeness (QED) is 0.821. The van der Waals surface area contributed by atoms with Crippen LogP contribution >= 0.6 is 22.7 Å². The molecule has 1 N–H and O–H groups in total. The fourth-order valence-corrected chi connectivity index (χ4v) is 5.76. The molecule has 0 atom stereocenters. The van der Waals surface area contributed by atoms with Crippen molar-refractivity contribution < 1.29 is 8.42 Å². The Morgan fingerprint density at radius 2 is 2.14 bits per heavy atom. The van der Waals surface area contributed by atoms with Gasteiger partial charge in [0.05, 0.1) is 10.7 Å². The monoisotopic (exact) mass is 342 g/mol. The van der Waals surface area contributed by atoms with E-state index in [0.717, 1.165) is 30.7 Å². The lowest BCUT2D eigenvalue weighted by Gasteiger charge is -2.06. The molecule has 3 rings (SSSR count). The van der Waals surface area contributed by atoms with Crippen LogP contribution in [0.2, 0.25) is 0 Å².